The van der Waals surface area contributed by atoms with Gasteiger partial charge >= 0.3 is 0 Å². The lowest BCUT2D eigenvalue weighted by atomic mass is 10.2. The summed E-state index contributed by atoms with van der Waals surface area (Å²) >= 11 is 0. The fourth-order valence-electron chi connectivity index (χ4n) is 0.913. The highest BCUT2D eigenvalue weighted by molar-refractivity contribution is 7.87. The van der Waals surface area contributed by atoms with Crippen LogP contribution in [-0.2, 0) is 14.4 Å². The minimum Gasteiger partial charge on any atom is -0.198 e. The predicted octanol–water partition coefficient (Wildman–Crippen LogP) is 1.38. The molecular weight excluding hydrogens is 202 g/mol. The van der Waals surface area contributed by atoms with Crippen molar-refractivity contribution in [2.45, 2.75) is 25.0 Å². The highest BCUT2D eigenvalue weighted by Crippen LogP contribution is 2.12. The molecule has 0 fully saturated rings. The molecule has 0 atom stereocenters. The van der Waals surface area contributed by atoms with Gasteiger partial charge in [-0.3, -0.25) is 0 Å². The molecule has 0 aromatic rings. The lowest BCUT2D eigenvalue weighted by Gasteiger charge is -2.13. The summed E-state index contributed by atoms with van der Waals surface area (Å²) in [6.07, 6.45) is 3.83. The van der Waals surface area contributed by atoms with E-state index in [9.17, 15) is 8.42 Å². The molecule has 0 aliphatic heterocycles. The first-order chi connectivity index (χ1) is 6.58. The van der Waals surface area contributed by atoms with Gasteiger partial charge in [0.15, 0.2) is 0 Å². The lowest BCUT2D eigenvalue weighted by Crippen LogP contribution is -2.28. The van der Waals surface area contributed by atoms with Crippen molar-refractivity contribution in [3.05, 3.63) is 25.3 Å². The summed E-state index contributed by atoms with van der Waals surface area (Å²) < 4.78 is 27.6. The topological polar surface area (TPSA) is 55.4 Å². The van der Waals surface area contributed by atoms with Gasteiger partial charge in [0.1, 0.15) is 0 Å². The van der Waals surface area contributed by atoms with Crippen LogP contribution in [0.4, 0.5) is 0 Å². The third kappa shape index (κ3) is 4.55. The van der Waals surface area contributed by atoms with Crippen LogP contribution in [0, 0.1) is 0 Å². The SMILES string of the molecule is C=CCC(CC=C)S(=O)(=O)ONCC. The van der Waals surface area contributed by atoms with E-state index in [2.05, 4.69) is 22.9 Å². The molecule has 4 nitrogen and oxygen atoms in total. The Bertz CT molecular complexity index is 262. The Morgan fingerprint density at radius 1 is 1.36 bits per heavy atom. The quantitative estimate of drug-likeness (QED) is 0.495. The average molecular weight is 219 g/mol. The second kappa shape index (κ2) is 6.75. The maximum Gasteiger partial charge on any atom is 0.286 e. The number of hydrogen-bond donors (Lipinski definition) is 1. The Morgan fingerprint density at radius 3 is 2.21 bits per heavy atom. The fourth-order valence-corrected chi connectivity index (χ4v) is 2.07. The van der Waals surface area contributed by atoms with E-state index in [1.165, 1.54) is 0 Å². The molecule has 0 aliphatic carbocycles. The molecule has 0 radical (unpaired) electrons. The second-order valence-corrected chi connectivity index (χ2v) is 4.56. The molecule has 0 amide bonds. The summed E-state index contributed by atoms with van der Waals surface area (Å²) in [4.78, 5) is 0. The van der Waals surface area contributed by atoms with Gasteiger partial charge in [0.2, 0.25) is 0 Å². The number of hydrogen-bond acceptors (Lipinski definition) is 4. The molecule has 0 saturated heterocycles. The Balaban J connectivity index is 4.44. The predicted molar refractivity (Wildman–Crippen MR) is 57.1 cm³/mol. The Hall–Kier alpha value is -0.650. The van der Waals surface area contributed by atoms with E-state index >= 15 is 0 Å². The normalized spacial score (nSPS) is 11.6. The first-order valence-electron chi connectivity index (χ1n) is 4.45. The molecule has 0 spiro atoms. The summed E-state index contributed by atoms with van der Waals surface area (Å²) in [6.45, 7) is 9.20. The van der Waals surface area contributed by atoms with Gasteiger partial charge in [0.25, 0.3) is 10.1 Å². The van der Waals surface area contributed by atoms with Crippen molar-refractivity contribution in [3.8, 4) is 0 Å². The fraction of sp³-hybridized carbons (Fsp3) is 0.556. The van der Waals surface area contributed by atoms with E-state index < -0.39 is 15.4 Å². The zero-order valence-corrected chi connectivity index (χ0v) is 9.22. The summed E-state index contributed by atoms with van der Waals surface area (Å²) in [5, 5.41) is -0.600. The molecule has 0 aliphatic rings. The number of nitrogens with one attached hydrogen (secondary N) is 1. The van der Waals surface area contributed by atoms with E-state index in [1.54, 1.807) is 19.1 Å². The summed E-state index contributed by atoms with van der Waals surface area (Å²) in [7, 11) is -3.56. The first kappa shape index (κ1) is 13.4. The van der Waals surface area contributed by atoms with Gasteiger partial charge in [-0.1, -0.05) is 19.1 Å². The van der Waals surface area contributed by atoms with E-state index in [1.807, 2.05) is 0 Å². The number of hydroxylamine groups is 1. The third-order valence-corrected chi connectivity index (χ3v) is 3.14. The number of rotatable bonds is 8. The maximum atomic E-state index is 11.5. The molecule has 5 heteroatoms. The van der Waals surface area contributed by atoms with Crippen LogP contribution in [0.1, 0.15) is 19.8 Å². The molecule has 0 aromatic heterocycles. The van der Waals surface area contributed by atoms with Gasteiger partial charge in [-0.05, 0) is 12.8 Å². The molecule has 0 heterocycles. The molecular formula is C9H17NO3S. The van der Waals surface area contributed by atoms with Gasteiger partial charge < -0.3 is 0 Å². The van der Waals surface area contributed by atoms with Crippen molar-refractivity contribution in [2.24, 2.45) is 0 Å². The van der Waals surface area contributed by atoms with Crippen molar-refractivity contribution in [1.82, 2.24) is 5.48 Å². The first-order valence-corrected chi connectivity index (χ1v) is 5.92. The molecule has 1 N–H and O–H groups in total. The summed E-state index contributed by atoms with van der Waals surface area (Å²) in [5.41, 5.74) is 2.33. The highest BCUT2D eigenvalue weighted by atomic mass is 32.2. The summed E-state index contributed by atoms with van der Waals surface area (Å²) in [6, 6.07) is 0. The molecule has 0 saturated carbocycles. The Kier molecular flexibility index (Phi) is 6.44. The highest BCUT2D eigenvalue weighted by Gasteiger charge is 2.23. The molecule has 0 bridgehead atoms. The van der Waals surface area contributed by atoms with E-state index in [0.717, 1.165) is 0 Å². The minimum absolute atomic E-state index is 0.361. The second-order valence-electron chi connectivity index (χ2n) is 2.74. The van der Waals surface area contributed by atoms with Crippen LogP contribution in [0.25, 0.3) is 0 Å². The molecule has 0 unspecified atom stereocenters. The molecule has 14 heavy (non-hydrogen) atoms. The number of allylic oxidation sites excluding steroid dienone is 2. The van der Waals surface area contributed by atoms with Crippen LogP contribution >= 0.6 is 0 Å². The van der Waals surface area contributed by atoms with Crippen molar-refractivity contribution >= 4 is 10.1 Å². The van der Waals surface area contributed by atoms with Gasteiger partial charge in [0, 0.05) is 6.54 Å². The lowest BCUT2D eigenvalue weighted by molar-refractivity contribution is 0.206. The Labute approximate surface area is 85.7 Å². The monoisotopic (exact) mass is 219 g/mol. The zero-order valence-electron chi connectivity index (χ0n) is 8.40. The van der Waals surface area contributed by atoms with E-state index in [-0.39, 0.29) is 0 Å². The van der Waals surface area contributed by atoms with Crippen LogP contribution in [0.5, 0.6) is 0 Å². The molecule has 0 rings (SSSR count). The summed E-state index contributed by atoms with van der Waals surface area (Å²) in [5.74, 6) is 0. The van der Waals surface area contributed by atoms with Crippen LogP contribution in [-0.4, -0.2) is 20.2 Å². The van der Waals surface area contributed by atoms with E-state index in [4.69, 9.17) is 0 Å². The van der Waals surface area contributed by atoms with Gasteiger partial charge in [-0.15, -0.1) is 13.2 Å². The van der Waals surface area contributed by atoms with Crippen molar-refractivity contribution in [1.29, 1.82) is 0 Å². The van der Waals surface area contributed by atoms with Crippen LogP contribution in [0.15, 0.2) is 25.3 Å². The van der Waals surface area contributed by atoms with Gasteiger partial charge in [0.05, 0.1) is 5.25 Å². The van der Waals surface area contributed by atoms with Gasteiger partial charge in [-0.25, -0.2) is 0 Å². The third-order valence-electron chi connectivity index (χ3n) is 1.59. The van der Waals surface area contributed by atoms with Gasteiger partial charge in [-0.2, -0.15) is 18.2 Å². The van der Waals surface area contributed by atoms with Crippen molar-refractivity contribution in [3.63, 3.8) is 0 Å². The maximum absolute atomic E-state index is 11.5. The Morgan fingerprint density at radius 2 is 1.86 bits per heavy atom. The van der Waals surface area contributed by atoms with Crippen molar-refractivity contribution in [2.75, 3.05) is 6.54 Å². The minimum atomic E-state index is -3.56. The van der Waals surface area contributed by atoms with E-state index in [0.29, 0.717) is 19.4 Å². The van der Waals surface area contributed by atoms with Crippen molar-refractivity contribution < 1.29 is 12.7 Å². The molecule has 0 aromatic carbocycles. The standard InChI is InChI=1S/C9H17NO3S/c1-4-7-9(8-5-2)14(11,12)13-10-6-3/h4-5,9-10H,1-2,6-8H2,3H3. The largest absolute Gasteiger partial charge is 0.286 e. The molecule has 82 valence electrons. The smallest absolute Gasteiger partial charge is 0.198 e. The van der Waals surface area contributed by atoms with Crippen LogP contribution in [0.2, 0.25) is 0 Å². The van der Waals surface area contributed by atoms with Crippen LogP contribution < -0.4 is 5.48 Å². The zero-order chi connectivity index (χ0) is 11.0. The average Bonchev–Trinajstić information content (AvgIpc) is 2.14. The van der Waals surface area contributed by atoms with Crippen LogP contribution in [0.3, 0.4) is 0 Å².